The topological polar surface area (TPSA) is 46.3 Å². The lowest BCUT2D eigenvalue weighted by Gasteiger charge is -2.22. The summed E-state index contributed by atoms with van der Waals surface area (Å²) in [5, 5.41) is 0. The third kappa shape index (κ3) is 5.32. The number of amides is 1. The third-order valence-corrected chi connectivity index (χ3v) is 4.99. The molecule has 1 amide bonds. The molecule has 2 aromatic rings. The zero-order valence-corrected chi connectivity index (χ0v) is 15.3. The zero-order valence-electron chi connectivity index (χ0n) is 14.5. The number of halogens is 1. The van der Waals surface area contributed by atoms with Crippen LogP contribution in [0.3, 0.4) is 0 Å². The molecule has 0 saturated carbocycles. The van der Waals surface area contributed by atoms with Gasteiger partial charge in [0, 0.05) is 19.5 Å². The summed E-state index contributed by atoms with van der Waals surface area (Å²) in [6.07, 6.45) is 2.50. The van der Waals surface area contributed by atoms with E-state index in [1.807, 2.05) is 17.0 Å². The molecule has 1 aliphatic rings. The number of benzene rings is 2. The molecule has 2 atom stereocenters. The van der Waals surface area contributed by atoms with E-state index in [-0.39, 0.29) is 24.2 Å². The summed E-state index contributed by atoms with van der Waals surface area (Å²) in [7, 11) is 0. The lowest BCUT2D eigenvalue weighted by atomic mass is 9.89. The van der Waals surface area contributed by atoms with Crippen molar-refractivity contribution in [3.8, 4) is 0 Å². The predicted molar refractivity (Wildman–Crippen MR) is 105 cm³/mol. The van der Waals surface area contributed by atoms with Crippen LogP contribution in [0.25, 0.3) is 0 Å². The molecular formula is C21H27ClN2O. The van der Waals surface area contributed by atoms with Crippen LogP contribution < -0.4 is 5.73 Å². The molecule has 1 fully saturated rings. The van der Waals surface area contributed by atoms with Gasteiger partial charge in [-0.05, 0) is 42.3 Å². The summed E-state index contributed by atoms with van der Waals surface area (Å²) < 4.78 is 0. The molecular weight excluding hydrogens is 332 g/mol. The van der Waals surface area contributed by atoms with Gasteiger partial charge in [0.15, 0.2) is 0 Å². The van der Waals surface area contributed by atoms with Crippen LogP contribution in [0, 0.1) is 5.92 Å². The number of nitrogens with zero attached hydrogens (tertiary/aromatic N) is 1. The SMILES string of the molecule is Cl.NCC1CCN(C(=O)CC(Cc2ccccc2)c2ccccc2)C1. The van der Waals surface area contributed by atoms with E-state index in [2.05, 4.69) is 48.5 Å². The maximum atomic E-state index is 12.8. The Morgan fingerprint density at radius 3 is 2.32 bits per heavy atom. The first-order valence-corrected chi connectivity index (χ1v) is 8.83. The second kappa shape index (κ2) is 9.59. The Hall–Kier alpha value is -1.84. The Morgan fingerprint density at radius 2 is 1.72 bits per heavy atom. The molecule has 134 valence electrons. The molecule has 0 spiro atoms. The van der Waals surface area contributed by atoms with Crippen molar-refractivity contribution in [1.29, 1.82) is 0 Å². The van der Waals surface area contributed by atoms with Gasteiger partial charge >= 0.3 is 0 Å². The van der Waals surface area contributed by atoms with Crippen molar-refractivity contribution in [3.05, 3.63) is 71.8 Å². The van der Waals surface area contributed by atoms with Gasteiger partial charge in [0.05, 0.1) is 0 Å². The van der Waals surface area contributed by atoms with Gasteiger partial charge in [-0.2, -0.15) is 0 Å². The van der Waals surface area contributed by atoms with E-state index in [0.29, 0.717) is 18.9 Å². The molecule has 1 aliphatic heterocycles. The number of hydrogen-bond donors (Lipinski definition) is 1. The summed E-state index contributed by atoms with van der Waals surface area (Å²) in [6, 6.07) is 20.8. The Balaban J connectivity index is 0.00000225. The summed E-state index contributed by atoms with van der Waals surface area (Å²) >= 11 is 0. The number of carbonyl (C=O) groups is 1. The van der Waals surface area contributed by atoms with Gasteiger partial charge in [0.1, 0.15) is 0 Å². The maximum absolute atomic E-state index is 12.8. The minimum atomic E-state index is 0. The molecule has 0 aliphatic carbocycles. The van der Waals surface area contributed by atoms with Gasteiger partial charge in [-0.25, -0.2) is 0 Å². The molecule has 1 heterocycles. The van der Waals surface area contributed by atoms with Gasteiger partial charge in [-0.3, -0.25) is 4.79 Å². The minimum absolute atomic E-state index is 0. The quantitative estimate of drug-likeness (QED) is 0.857. The first-order valence-electron chi connectivity index (χ1n) is 8.83. The van der Waals surface area contributed by atoms with E-state index >= 15 is 0 Å². The monoisotopic (exact) mass is 358 g/mol. The van der Waals surface area contributed by atoms with Gasteiger partial charge in [0.2, 0.25) is 5.91 Å². The van der Waals surface area contributed by atoms with Crippen LogP contribution in [0.5, 0.6) is 0 Å². The highest BCUT2D eigenvalue weighted by molar-refractivity contribution is 5.85. The fourth-order valence-electron chi connectivity index (χ4n) is 3.52. The van der Waals surface area contributed by atoms with Crippen LogP contribution in [0.15, 0.2) is 60.7 Å². The smallest absolute Gasteiger partial charge is 0.223 e. The average Bonchev–Trinajstić information content (AvgIpc) is 3.12. The second-order valence-electron chi connectivity index (χ2n) is 6.73. The van der Waals surface area contributed by atoms with Gasteiger partial charge in [-0.1, -0.05) is 60.7 Å². The molecule has 0 aromatic heterocycles. The van der Waals surface area contributed by atoms with E-state index in [1.165, 1.54) is 11.1 Å². The highest BCUT2D eigenvalue weighted by Crippen LogP contribution is 2.26. The van der Waals surface area contributed by atoms with Crippen LogP contribution in [0.1, 0.15) is 29.9 Å². The van der Waals surface area contributed by atoms with Crippen molar-refractivity contribution in [1.82, 2.24) is 4.90 Å². The highest BCUT2D eigenvalue weighted by Gasteiger charge is 2.27. The van der Waals surface area contributed by atoms with Crippen molar-refractivity contribution in [2.45, 2.75) is 25.2 Å². The molecule has 2 aromatic carbocycles. The lowest BCUT2D eigenvalue weighted by Crippen LogP contribution is -2.31. The zero-order chi connectivity index (χ0) is 16.8. The standard InChI is InChI=1S/C21H26N2O.ClH/c22-15-18-11-12-23(16-18)21(24)14-20(19-9-5-2-6-10-19)13-17-7-3-1-4-8-17;/h1-10,18,20H,11-16,22H2;1H. The van der Waals surface area contributed by atoms with Crippen LogP contribution in [-0.2, 0) is 11.2 Å². The van der Waals surface area contributed by atoms with Gasteiger partial charge in [-0.15, -0.1) is 12.4 Å². The van der Waals surface area contributed by atoms with Gasteiger partial charge in [0.25, 0.3) is 0 Å². The molecule has 25 heavy (non-hydrogen) atoms. The van der Waals surface area contributed by atoms with Crippen LogP contribution in [0.4, 0.5) is 0 Å². The van der Waals surface area contributed by atoms with Crippen LogP contribution >= 0.6 is 12.4 Å². The fraction of sp³-hybridized carbons (Fsp3) is 0.381. The maximum Gasteiger partial charge on any atom is 0.223 e. The summed E-state index contributed by atoms with van der Waals surface area (Å²) in [6.45, 7) is 2.35. The Kier molecular flexibility index (Phi) is 7.48. The molecule has 0 radical (unpaired) electrons. The van der Waals surface area contributed by atoms with E-state index in [1.54, 1.807) is 0 Å². The molecule has 3 nitrogen and oxygen atoms in total. The van der Waals surface area contributed by atoms with E-state index in [4.69, 9.17) is 5.73 Å². The third-order valence-electron chi connectivity index (χ3n) is 4.99. The molecule has 4 heteroatoms. The summed E-state index contributed by atoms with van der Waals surface area (Å²) in [5.41, 5.74) is 8.27. The second-order valence-corrected chi connectivity index (χ2v) is 6.73. The number of carbonyl (C=O) groups excluding carboxylic acids is 1. The number of rotatable bonds is 6. The van der Waals surface area contributed by atoms with Gasteiger partial charge < -0.3 is 10.6 Å². The Morgan fingerprint density at radius 1 is 1.08 bits per heavy atom. The van der Waals surface area contributed by atoms with Crippen molar-refractivity contribution < 1.29 is 4.79 Å². The van der Waals surface area contributed by atoms with Crippen LogP contribution in [-0.4, -0.2) is 30.4 Å². The highest BCUT2D eigenvalue weighted by atomic mass is 35.5. The van der Waals surface area contributed by atoms with E-state index in [9.17, 15) is 4.79 Å². The van der Waals surface area contributed by atoms with E-state index < -0.39 is 0 Å². The molecule has 1 saturated heterocycles. The van der Waals surface area contributed by atoms with Crippen molar-refractivity contribution in [2.75, 3.05) is 19.6 Å². The van der Waals surface area contributed by atoms with Crippen LogP contribution in [0.2, 0.25) is 0 Å². The largest absolute Gasteiger partial charge is 0.342 e. The Bertz CT molecular complexity index is 647. The number of likely N-dealkylation sites (tertiary alicyclic amines) is 1. The molecule has 0 bridgehead atoms. The van der Waals surface area contributed by atoms with E-state index in [0.717, 1.165) is 25.9 Å². The lowest BCUT2D eigenvalue weighted by molar-refractivity contribution is -0.130. The molecule has 3 rings (SSSR count). The predicted octanol–water partition coefficient (Wildman–Crippen LogP) is 3.63. The minimum Gasteiger partial charge on any atom is -0.342 e. The normalized spacial score (nSPS) is 17.8. The molecule has 2 N–H and O–H groups in total. The fourth-order valence-corrected chi connectivity index (χ4v) is 3.52. The van der Waals surface area contributed by atoms with Crippen molar-refractivity contribution in [2.24, 2.45) is 11.7 Å². The van der Waals surface area contributed by atoms with Crippen molar-refractivity contribution >= 4 is 18.3 Å². The summed E-state index contributed by atoms with van der Waals surface area (Å²) in [4.78, 5) is 14.8. The summed E-state index contributed by atoms with van der Waals surface area (Å²) in [5.74, 6) is 0.951. The Labute approximate surface area is 156 Å². The molecule has 2 unspecified atom stereocenters. The first-order chi connectivity index (χ1) is 11.8. The number of nitrogens with two attached hydrogens (primary N) is 1. The number of hydrogen-bond acceptors (Lipinski definition) is 2. The average molecular weight is 359 g/mol. The van der Waals surface area contributed by atoms with Crippen molar-refractivity contribution in [3.63, 3.8) is 0 Å². The first kappa shape index (κ1) is 19.5.